The Morgan fingerprint density at radius 3 is 2.66 bits per heavy atom. The van der Waals surface area contributed by atoms with Crippen LogP contribution < -0.4 is 10.1 Å². The molecule has 0 radical (unpaired) electrons. The highest BCUT2D eigenvalue weighted by Gasteiger charge is 2.25. The van der Waals surface area contributed by atoms with Crippen LogP contribution in [0.15, 0.2) is 47.5 Å². The molecule has 5 heteroatoms. The maximum absolute atomic E-state index is 12.5. The number of fused-ring (bicyclic) bond motifs is 2. The third kappa shape index (κ3) is 3.86. The van der Waals surface area contributed by atoms with Gasteiger partial charge in [0, 0.05) is 25.2 Å². The molecule has 1 N–H and O–H groups in total. The van der Waals surface area contributed by atoms with Gasteiger partial charge in [0.1, 0.15) is 17.3 Å². The smallest absolute Gasteiger partial charge is 0.224 e. The quantitative estimate of drug-likeness (QED) is 0.756. The molecule has 5 rings (SSSR count). The zero-order valence-electron chi connectivity index (χ0n) is 16.7. The van der Waals surface area contributed by atoms with Gasteiger partial charge in [-0.05, 0) is 61.9 Å². The van der Waals surface area contributed by atoms with Gasteiger partial charge in [-0.15, -0.1) is 0 Å². The van der Waals surface area contributed by atoms with Crippen molar-refractivity contribution < 1.29 is 9.53 Å². The number of carbonyl (C=O) groups is 1. The molecule has 0 spiro atoms. The van der Waals surface area contributed by atoms with E-state index in [9.17, 15) is 4.79 Å². The molecule has 29 heavy (non-hydrogen) atoms. The van der Waals surface area contributed by atoms with Crippen LogP contribution in [0.5, 0.6) is 11.5 Å². The van der Waals surface area contributed by atoms with E-state index in [1.807, 2.05) is 42.5 Å². The minimum atomic E-state index is 0.106. The predicted molar refractivity (Wildman–Crippen MR) is 115 cm³/mol. The molecule has 150 valence electrons. The summed E-state index contributed by atoms with van der Waals surface area (Å²) < 4.78 is 6.21. The first kappa shape index (κ1) is 18.2. The molecule has 1 aliphatic carbocycles. The number of rotatable bonds is 3. The van der Waals surface area contributed by atoms with Crippen molar-refractivity contribution in [1.82, 2.24) is 4.90 Å². The van der Waals surface area contributed by atoms with Gasteiger partial charge < -0.3 is 15.0 Å². The largest absolute Gasteiger partial charge is 0.454 e. The van der Waals surface area contributed by atoms with Gasteiger partial charge in [-0.3, -0.25) is 4.79 Å². The molecule has 2 heterocycles. The Balaban J connectivity index is 1.45. The standard InChI is InChI=1S/C24H27N3O2/c28-23(15-17-7-1-2-8-17)25-18-11-12-21-19(16-18)24(27-13-5-6-14-27)26-20-9-3-4-10-22(20)29-21/h3-4,9-12,16-17H,1-2,5-8,13-15H2,(H,25,28). The van der Waals surface area contributed by atoms with Crippen LogP contribution in [0.25, 0.3) is 0 Å². The summed E-state index contributed by atoms with van der Waals surface area (Å²) in [4.78, 5) is 19.8. The van der Waals surface area contributed by atoms with Crippen LogP contribution in [-0.2, 0) is 4.79 Å². The highest BCUT2D eigenvalue weighted by molar-refractivity contribution is 6.05. The molecule has 1 saturated heterocycles. The zero-order valence-corrected chi connectivity index (χ0v) is 16.7. The fourth-order valence-corrected chi connectivity index (χ4v) is 4.66. The number of nitrogens with one attached hydrogen (secondary N) is 1. The molecule has 2 aliphatic heterocycles. The van der Waals surface area contributed by atoms with Crippen LogP contribution in [0.4, 0.5) is 11.4 Å². The lowest BCUT2D eigenvalue weighted by atomic mass is 10.0. The number of benzene rings is 2. The Labute approximate surface area is 171 Å². The van der Waals surface area contributed by atoms with E-state index in [2.05, 4.69) is 10.2 Å². The summed E-state index contributed by atoms with van der Waals surface area (Å²) >= 11 is 0. The molecule has 2 fully saturated rings. The molecule has 1 saturated carbocycles. The second-order valence-electron chi connectivity index (χ2n) is 8.31. The van der Waals surface area contributed by atoms with E-state index in [4.69, 9.17) is 9.73 Å². The maximum atomic E-state index is 12.5. The number of likely N-dealkylation sites (tertiary alicyclic amines) is 1. The summed E-state index contributed by atoms with van der Waals surface area (Å²) in [6, 6.07) is 13.8. The van der Waals surface area contributed by atoms with Crippen molar-refractivity contribution in [3.63, 3.8) is 0 Å². The SMILES string of the molecule is O=C(CC1CCCC1)Nc1ccc2c(c1)C(N1CCCC1)=Nc1ccccc1O2. The summed E-state index contributed by atoms with van der Waals surface area (Å²) in [7, 11) is 0. The first-order valence-electron chi connectivity index (χ1n) is 10.8. The Bertz CT molecular complexity index is 941. The fraction of sp³-hybridized carbons (Fsp3) is 0.417. The number of anilines is 1. The van der Waals surface area contributed by atoms with Gasteiger partial charge in [0.2, 0.25) is 5.91 Å². The van der Waals surface area contributed by atoms with Crippen molar-refractivity contribution in [2.45, 2.75) is 44.9 Å². The average molecular weight is 389 g/mol. The van der Waals surface area contributed by atoms with Crippen LogP contribution >= 0.6 is 0 Å². The molecule has 3 aliphatic rings. The van der Waals surface area contributed by atoms with E-state index >= 15 is 0 Å². The number of hydrogen-bond donors (Lipinski definition) is 1. The molecule has 0 atom stereocenters. The van der Waals surface area contributed by atoms with Gasteiger partial charge >= 0.3 is 0 Å². The Hall–Kier alpha value is -2.82. The summed E-state index contributed by atoms with van der Waals surface area (Å²) in [5, 5.41) is 3.10. The summed E-state index contributed by atoms with van der Waals surface area (Å²) in [5.41, 5.74) is 2.60. The molecular formula is C24H27N3O2. The van der Waals surface area contributed by atoms with Crippen molar-refractivity contribution in [2.75, 3.05) is 18.4 Å². The first-order valence-corrected chi connectivity index (χ1v) is 10.8. The van der Waals surface area contributed by atoms with E-state index in [1.165, 1.54) is 38.5 Å². The number of para-hydroxylation sites is 2. The van der Waals surface area contributed by atoms with E-state index in [1.54, 1.807) is 0 Å². The molecule has 2 aromatic carbocycles. The highest BCUT2D eigenvalue weighted by Crippen LogP contribution is 2.39. The summed E-state index contributed by atoms with van der Waals surface area (Å²) in [6.45, 7) is 2.00. The van der Waals surface area contributed by atoms with Crippen molar-refractivity contribution >= 4 is 23.1 Å². The summed E-state index contributed by atoms with van der Waals surface area (Å²) in [5.74, 6) is 3.13. The van der Waals surface area contributed by atoms with E-state index in [0.29, 0.717) is 12.3 Å². The van der Waals surface area contributed by atoms with Crippen molar-refractivity contribution in [1.29, 1.82) is 0 Å². The molecule has 0 aromatic heterocycles. The van der Waals surface area contributed by atoms with Crippen LogP contribution in [-0.4, -0.2) is 29.7 Å². The molecule has 5 nitrogen and oxygen atoms in total. The Morgan fingerprint density at radius 2 is 1.83 bits per heavy atom. The third-order valence-electron chi connectivity index (χ3n) is 6.17. The highest BCUT2D eigenvalue weighted by atomic mass is 16.5. The molecule has 1 amide bonds. The molecular weight excluding hydrogens is 362 g/mol. The van der Waals surface area contributed by atoms with Crippen LogP contribution in [0, 0.1) is 5.92 Å². The van der Waals surface area contributed by atoms with Gasteiger partial charge in [0.25, 0.3) is 0 Å². The van der Waals surface area contributed by atoms with E-state index < -0.39 is 0 Å². The zero-order chi connectivity index (χ0) is 19.6. The second-order valence-corrected chi connectivity index (χ2v) is 8.31. The minimum absolute atomic E-state index is 0.106. The molecule has 0 bridgehead atoms. The number of nitrogens with zero attached hydrogens (tertiary/aromatic N) is 2. The summed E-state index contributed by atoms with van der Waals surface area (Å²) in [6.07, 6.45) is 7.83. The van der Waals surface area contributed by atoms with Crippen LogP contribution in [0.3, 0.4) is 0 Å². The van der Waals surface area contributed by atoms with Crippen LogP contribution in [0.1, 0.15) is 50.5 Å². The number of ether oxygens (including phenoxy) is 1. The van der Waals surface area contributed by atoms with Gasteiger partial charge in [0.15, 0.2) is 5.75 Å². The fourth-order valence-electron chi connectivity index (χ4n) is 4.66. The van der Waals surface area contributed by atoms with Gasteiger partial charge in [-0.1, -0.05) is 25.0 Å². The molecule has 2 aromatic rings. The van der Waals surface area contributed by atoms with E-state index in [-0.39, 0.29) is 5.91 Å². The number of hydrogen-bond acceptors (Lipinski definition) is 4. The van der Waals surface area contributed by atoms with E-state index in [0.717, 1.165) is 47.4 Å². The maximum Gasteiger partial charge on any atom is 0.224 e. The minimum Gasteiger partial charge on any atom is -0.454 e. The monoisotopic (exact) mass is 389 g/mol. The predicted octanol–water partition coefficient (Wildman–Crippen LogP) is 5.49. The lowest BCUT2D eigenvalue weighted by Crippen LogP contribution is -2.28. The molecule has 0 unspecified atom stereocenters. The number of aliphatic imine (C=N–C) groups is 1. The lowest BCUT2D eigenvalue weighted by Gasteiger charge is -2.21. The van der Waals surface area contributed by atoms with Gasteiger partial charge in [-0.2, -0.15) is 0 Å². The van der Waals surface area contributed by atoms with Gasteiger partial charge in [-0.25, -0.2) is 4.99 Å². The van der Waals surface area contributed by atoms with Crippen LogP contribution in [0.2, 0.25) is 0 Å². The number of amidine groups is 1. The average Bonchev–Trinajstić information content (AvgIpc) is 3.40. The normalized spacial score (nSPS) is 18.5. The number of amides is 1. The second kappa shape index (κ2) is 7.90. The van der Waals surface area contributed by atoms with Crippen molar-refractivity contribution in [3.05, 3.63) is 48.0 Å². The van der Waals surface area contributed by atoms with Crippen molar-refractivity contribution in [2.24, 2.45) is 10.9 Å². The first-order chi connectivity index (χ1) is 14.3. The Morgan fingerprint density at radius 1 is 1.03 bits per heavy atom. The third-order valence-corrected chi connectivity index (χ3v) is 6.17. The van der Waals surface area contributed by atoms with Gasteiger partial charge in [0.05, 0.1) is 5.56 Å². The number of carbonyl (C=O) groups excluding carboxylic acids is 1. The van der Waals surface area contributed by atoms with Crippen molar-refractivity contribution in [3.8, 4) is 11.5 Å². The Kier molecular flexibility index (Phi) is 4.96. The topological polar surface area (TPSA) is 53.9 Å². The lowest BCUT2D eigenvalue weighted by molar-refractivity contribution is -0.117.